The highest BCUT2D eigenvalue weighted by Crippen LogP contribution is 2.24. The van der Waals surface area contributed by atoms with E-state index in [9.17, 15) is 13.2 Å². The molecule has 0 unspecified atom stereocenters. The molecule has 0 aliphatic carbocycles. The van der Waals surface area contributed by atoms with Crippen molar-refractivity contribution < 1.29 is 13.2 Å². The van der Waals surface area contributed by atoms with Crippen molar-refractivity contribution in [1.82, 2.24) is 0 Å². The summed E-state index contributed by atoms with van der Waals surface area (Å²) < 4.78 is 25.5. The van der Waals surface area contributed by atoms with Gasteiger partial charge in [0, 0.05) is 5.69 Å². The van der Waals surface area contributed by atoms with Crippen LogP contribution in [-0.2, 0) is 21.2 Å². The minimum Gasteiger partial charge on any atom is -0.324 e. The molecule has 0 aliphatic rings. The summed E-state index contributed by atoms with van der Waals surface area (Å²) in [5, 5.41) is 2.84. The number of carbonyl (C=O) groups excluding carboxylic acids is 1. The van der Waals surface area contributed by atoms with Crippen molar-refractivity contribution in [3.8, 4) is 0 Å². The van der Waals surface area contributed by atoms with Crippen molar-refractivity contribution in [1.29, 1.82) is 0 Å². The van der Waals surface area contributed by atoms with Gasteiger partial charge in [-0.1, -0.05) is 51.1 Å². The second-order valence-corrected chi connectivity index (χ2v) is 8.49. The first-order valence-electron chi connectivity index (χ1n) is 8.67. The Morgan fingerprint density at radius 1 is 1.08 bits per heavy atom. The zero-order valence-corrected chi connectivity index (χ0v) is 16.5. The van der Waals surface area contributed by atoms with Crippen LogP contribution in [0.4, 0.5) is 11.4 Å². The van der Waals surface area contributed by atoms with E-state index in [1.54, 1.807) is 12.1 Å². The number of hydrogen-bond acceptors (Lipinski definition) is 3. The molecule has 0 aliphatic heterocycles. The third kappa shape index (κ3) is 5.08. The molecule has 2 aromatic rings. The van der Waals surface area contributed by atoms with Crippen molar-refractivity contribution >= 4 is 27.3 Å². The molecule has 5 nitrogen and oxygen atoms in total. The monoisotopic (exact) mass is 374 g/mol. The number of rotatable bonds is 7. The summed E-state index contributed by atoms with van der Waals surface area (Å²) >= 11 is 0. The van der Waals surface area contributed by atoms with E-state index in [0.717, 1.165) is 28.1 Å². The summed E-state index contributed by atoms with van der Waals surface area (Å²) in [6.07, 6.45) is 1.97. The predicted molar refractivity (Wildman–Crippen MR) is 107 cm³/mol. The minimum atomic E-state index is -3.58. The molecule has 0 saturated heterocycles. The third-order valence-corrected chi connectivity index (χ3v) is 5.32. The summed E-state index contributed by atoms with van der Waals surface area (Å²) in [6.45, 7) is 5.85. The summed E-state index contributed by atoms with van der Waals surface area (Å²) in [6, 6.07) is 14.8. The van der Waals surface area contributed by atoms with E-state index in [-0.39, 0.29) is 18.4 Å². The first-order valence-corrected chi connectivity index (χ1v) is 10.5. The molecule has 6 heteroatoms. The molecule has 0 bridgehead atoms. The highest BCUT2D eigenvalue weighted by molar-refractivity contribution is 7.92. The van der Waals surface area contributed by atoms with Crippen LogP contribution in [0.2, 0.25) is 0 Å². The van der Waals surface area contributed by atoms with Crippen LogP contribution in [0.25, 0.3) is 0 Å². The largest absolute Gasteiger partial charge is 0.324 e. The maximum atomic E-state index is 12.5. The maximum absolute atomic E-state index is 12.5. The number of para-hydroxylation sites is 1. The van der Waals surface area contributed by atoms with E-state index in [1.807, 2.05) is 57.2 Å². The molecule has 140 valence electrons. The van der Waals surface area contributed by atoms with E-state index in [0.29, 0.717) is 11.4 Å². The molecule has 1 N–H and O–H groups in total. The van der Waals surface area contributed by atoms with Crippen LogP contribution >= 0.6 is 0 Å². The van der Waals surface area contributed by atoms with Crippen molar-refractivity contribution in [3.05, 3.63) is 59.7 Å². The van der Waals surface area contributed by atoms with Gasteiger partial charge in [-0.15, -0.1) is 0 Å². The molecule has 2 rings (SSSR count). The number of aryl methyl sites for hydroxylation is 1. The van der Waals surface area contributed by atoms with Gasteiger partial charge in [0.25, 0.3) is 0 Å². The average molecular weight is 375 g/mol. The number of nitrogens with zero attached hydrogens (tertiary/aromatic N) is 1. The zero-order chi connectivity index (χ0) is 19.3. The van der Waals surface area contributed by atoms with Crippen LogP contribution in [0, 0.1) is 0 Å². The Kier molecular flexibility index (Phi) is 6.42. The molecule has 1 amide bonds. The van der Waals surface area contributed by atoms with Gasteiger partial charge >= 0.3 is 0 Å². The fourth-order valence-electron chi connectivity index (χ4n) is 2.73. The number of carbonyl (C=O) groups is 1. The molecule has 26 heavy (non-hydrogen) atoms. The van der Waals surface area contributed by atoms with Gasteiger partial charge in [0.15, 0.2) is 0 Å². The summed E-state index contributed by atoms with van der Waals surface area (Å²) in [7, 11) is -3.58. The molecule has 0 spiro atoms. The summed E-state index contributed by atoms with van der Waals surface area (Å²) in [5.74, 6) is -0.123. The Morgan fingerprint density at radius 2 is 1.69 bits per heavy atom. The number of hydrogen-bond donors (Lipinski definition) is 1. The van der Waals surface area contributed by atoms with Gasteiger partial charge in [-0.2, -0.15) is 0 Å². The number of anilines is 2. The van der Waals surface area contributed by atoms with Crippen LogP contribution in [0.3, 0.4) is 0 Å². The maximum Gasteiger partial charge on any atom is 0.245 e. The second kappa shape index (κ2) is 8.36. The first kappa shape index (κ1) is 20.0. The molecule has 0 aromatic heterocycles. The van der Waals surface area contributed by atoms with Crippen molar-refractivity contribution in [2.75, 3.05) is 22.4 Å². The number of sulfonamides is 1. The highest BCUT2D eigenvalue weighted by atomic mass is 32.2. The topological polar surface area (TPSA) is 66.5 Å². The third-order valence-electron chi connectivity index (χ3n) is 4.18. The lowest BCUT2D eigenvalue weighted by atomic mass is 10.0. The van der Waals surface area contributed by atoms with Gasteiger partial charge in [0.2, 0.25) is 15.9 Å². The van der Waals surface area contributed by atoms with Gasteiger partial charge in [-0.25, -0.2) is 8.42 Å². The van der Waals surface area contributed by atoms with Crippen LogP contribution in [0.15, 0.2) is 48.5 Å². The average Bonchev–Trinajstić information content (AvgIpc) is 2.59. The Labute approximate surface area is 156 Å². The predicted octanol–water partition coefficient (Wildman–Crippen LogP) is 3.78. The molecule has 0 saturated carbocycles. The van der Waals surface area contributed by atoms with E-state index in [4.69, 9.17) is 0 Å². The van der Waals surface area contributed by atoms with Gasteiger partial charge < -0.3 is 5.32 Å². The second-order valence-electron chi connectivity index (χ2n) is 6.58. The van der Waals surface area contributed by atoms with E-state index in [2.05, 4.69) is 5.32 Å². The van der Waals surface area contributed by atoms with E-state index < -0.39 is 10.0 Å². The molecule has 0 fully saturated rings. The van der Waals surface area contributed by atoms with Crippen molar-refractivity contribution in [2.45, 2.75) is 33.1 Å². The Hall–Kier alpha value is -2.34. The lowest BCUT2D eigenvalue weighted by Gasteiger charge is -2.22. The number of benzene rings is 2. The van der Waals surface area contributed by atoms with Gasteiger partial charge in [-0.3, -0.25) is 9.10 Å². The molecule has 0 radical (unpaired) electrons. The van der Waals surface area contributed by atoms with Crippen LogP contribution in [-0.4, -0.2) is 27.1 Å². The smallest absolute Gasteiger partial charge is 0.245 e. The lowest BCUT2D eigenvalue weighted by Crippen LogP contribution is -2.37. The highest BCUT2D eigenvalue weighted by Gasteiger charge is 2.21. The molecular formula is C20H26N2O3S. The summed E-state index contributed by atoms with van der Waals surface area (Å²) in [4.78, 5) is 12.5. The SMILES string of the molecule is CCc1ccc(N(CC(=O)Nc2ccccc2C(C)C)S(C)(=O)=O)cc1. The number of nitrogens with one attached hydrogen (secondary N) is 1. The van der Waals surface area contributed by atoms with E-state index >= 15 is 0 Å². The van der Waals surface area contributed by atoms with E-state index in [1.165, 1.54) is 0 Å². The minimum absolute atomic E-state index is 0.249. The first-order chi connectivity index (χ1) is 12.2. The van der Waals surface area contributed by atoms with Gasteiger partial charge in [0.05, 0.1) is 11.9 Å². The van der Waals surface area contributed by atoms with Crippen LogP contribution in [0.1, 0.15) is 37.8 Å². The van der Waals surface area contributed by atoms with Gasteiger partial charge in [0.1, 0.15) is 6.54 Å². The normalized spacial score (nSPS) is 11.4. The van der Waals surface area contributed by atoms with Crippen LogP contribution in [0.5, 0.6) is 0 Å². The fourth-order valence-corrected chi connectivity index (χ4v) is 3.59. The zero-order valence-electron chi connectivity index (χ0n) is 15.7. The van der Waals surface area contributed by atoms with Crippen molar-refractivity contribution in [3.63, 3.8) is 0 Å². The Morgan fingerprint density at radius 3 is 2.23 bits per heavy atom. The Bertz CT molecular complexity index is 859. The lowest BCUT2D eigenvalue weighted by molar-refractivity contribution is -0.114. The standard InChI is InChI=1S/C20H26N2O3S/c1-5-16-10-12-17(13-11-16)22(26(4,24)25)14-20(23)21-19-9-7-6-8-18(19)15(2)3/h6-13,15H,5,14H2,1-4H3,(H,21,23). The molecule has 2 aromatic carbocycles. The molecule has 0 heterocycles. The Balaban J connectivity index is 2.22. The van der Waals surface area contributed by atoms with Gasteiger partial charge in [-0.05, 0) is 41.7 Å². The quantitative estimate of drug-likeness (QED) is 0.802. The summed E-state index contributed by atoms with van der Waals surface area (Å²) in [5.41, 5.74) is 3.32. The fraction of sp³-hybridized carbons (Fsp3) is 0.350. The molecule has 0 atom stereocenters. The van der Waals surface area contributed by atoms with Crippen molar-refractivity contribution in [2.24, 2.45) is 0 Å². The van der Waals surface area contributed by atoms with Crippen LogP contribution < -0.4 is 9.62 Å². The molecular weight excluding hydrogens is 348 g/mol. The number of amides is 1.